The van der Waals surface area contributed by atoms with Gasteiger partial charge in [0, 0.05) is 11.3 Å². The van der Waals surface area contributed by atoms with Crippen molar-refractivity contribution in [2.75, 3.05) is 5.32 Å². The average molecular weight is 508 g/mol. The summed E-state index contributed by atoms with van der Waals surface area (Å²) in [4.78, 5) is 14.2. The Morgan fingerprint density at radius 1 is 0.912 bits per heavy atom. The van der Waals surface area contributed by atoms with Crippen molar-refractivity contribution in [3.63, 3.8) is 0 Å². The molecule has 0 saturated heterocycles. The summed E-state index contributed by atoms with van der Waals surface area (Å²) in [5.74, 6) is -0.00192. The van der Waals surface area contributed by atoms with Gasteiger partial charge in [0.2, 0.25) is 0 Å². The second kappa shape index (κ2) is 9.26. The van der Waals surface area contributed by atoms with Crippen LogP contribution in [0.5, 0.6) is 0 Å². The molecule has 0 spiro atoms. The van der Waals surface area contributed by atoms with E-state index >= 15 is 0 Å². The number of furan rings is 1. The summed E-state index contributed by atoms with van der Waals surface area (Å²) in [7, 11) is 0. The van der Waals surface area contributed by atoms with Crippen molar-refractivity contribution in [2.24, 2.45) is 0 Å². The number of benzene rings is 3. The number of amides is 1. The third-order valence-electron chi connectivity index (χ3n) is 4.90. The zero-order valence-corrected chi connectivity index (χ0v) is 19.7. The average Bonchev–Trinajstić information content (AvgIpc) is 3.49. The van der Waals surface area contributed by atoms with Gasteiger partial charge in [0.15, 0.2) is 10.9 Å². The first kappa shape index (κ1) is 22.1. The molecule has 2 heterocycles. The number of rotatable bonds is 4. The van der Waals surface area contributed by atoms with E-state index in [1.165, 1.54) is 0 Å². The summed E-state index contributed by atoms with van der Waals surface area (Å²) in [6.07, 6.45) is 0. The highest BCUT2D eigenvalue weighted by Crippen LogP contribution is 2.34. The second-order valence-electron chi connectivity index (χ2n) is 7.20. The van der Waals surface area contributed by atoms with E-state index in [9.17, 15) is 4.79 Å². The van der Waals surface area contributed by atoms with Crippen LogP contribution in [0, 0.1) is 0 Å². The molecule has 10 heteroatoms. The van der Waals surface area contributed by atoms with Gasteiger partial charge in [0.1, 0.15) is 16.8 Å². The van der Waals surface area contributed by atoms with Gasteiger partial charge < -0.3 is 9.73 Å². The van der Waals surface area contributed by atoms with E-state index in [4.69, 9.17) is 39.8 Å². The predicted octanol–water partition coefficient (Wildman–Crippen LogP) is 6.11. The zero-order chi connectivity index (χ0) is 23.7. The third-order valence-corrected chi connectivity index (χ3v) is 5.92. The van der Waals surface area contributed by atoms with E-state index < -0.39 is 5.91 Å². The van der Waals surface area contributed by atoms with Gasteiger partial charge in [-0.05, 0) is 66.8 Å². The Hall–Kier alpha value is -3.72. The first-order chi connectivity index (χ1) is 16.5. The lowest BCUT2D eigenvalue weighted by molar-refractivity contribution is 0.0951. The molecule has 0 bridgehead atoms. The first-order valence-electron chi connectivity index (χ1n) is 10.1. The van der Waals surface area contributed by atoms with Crippen molar-refractivity contribution < 1.29 is 9.21 Å². The monoisotopic (exact) mass is 507 g/mol. The number of nitrogens with one attached hydrogen (secondary N) is 2. The maximum Gasteiger partial charge on any atom is 0.293 e. The minimum Gasteiger partial charge on any atom is -0.451 e. The molecule has 0 aliphatic rings. The number of hydrogen-bond acceptors (Lipinski definition) is 5. The van der Waals surface area contributed by atoms with Crippen LogP contribution in [0.2, 0.25) is 10.0 Å². The highest BCUT2D eigenvalue weighted by Gasteiger charge is 2.16. The van der Waals surface area contributed by atoms with Crippen LogP contribution in [0.25, 0.3) is 28.0 Å². The molecule has 3 aromatic carbocycles. The molecule has 0 unspecified atom stereocenters. The molecule has 168 valence electrons. The topological polar surface area (TPSA) is 85.0 Å². The molecule has 7 nitrogen and oxygen atoms in total. The highest BCUT2D eigenvalue weighted by atomic mass is 35.5. The van der Waals surface area contributed by atoms with Crippen LogP contribution >= 0.6 is 35.4 Å². The van der Waals surface area contributed by atoms with E-state index in [1.54, 1.807) is 47.3 Å². The Morgan fingerprint density at radius 3 is 2.53 bits per heavy atom. The van der Waals surface area contributed by atoms with Gasteiger partial charge in [-0.3, -0.25) is 10.1 Å². The SMILES string of the molecule is O=C(NC(=S)Nc1ccc2nn(-c3ccccc3)nc2c1)c1ccc(-c2cccc(Cl)c2Cl)o1. The molecule has 5 rings (SSSR count). The van der Waals surface area contributed by atoms with Gasteiger partial charge in [-0.1, -0.05) is 47.5 Å². The maximum absolute atomic E-state index is 12.6. The molecule has 2 N–H and O–H groups in total. The van der Waals surface area contributed by atoms with E-state index in [-0.39, 0.29) is 10.9 Å². The molecule has 2 aromatic heterocycles. The van der Waals surface area contributed by atoms with Crippen molar-refractivity contribution in [2.45, 2.75) is 0 Å². The van der Waals surface area contributed by atoms with Crippen LogP contribution in [0.4, 0.5) is 5.69 Å². The number of aromatic nitrogens is 3. The van der Waals surface area contributed by atoms with Gasteiger partial charge in [-0.2, -0.15) is 4.80 Å². The number of halogens is 2. The third kappa shape index (κ3) is 4.51. The minimum atomic E-state index is -0.502. The van der Waals surface area contributed by atoms with Crippen LogP contribution in [0.15, 0.2) is 83.3 Å². The van der Waals surface area contributed by atoms with E-state index in [0.717, 1.165) is 11.2 Å². The van der Waals surface area contributed by atoms with Crippen LogP contribution in [0.3, 0.4) is 0 Å². The minimum absolute atomic E-state index is 0.0800. The summed E-state index contributed by atoms with van der Waals surface area (Å²) in [6.45, 7) is 0. The number of anilines is 1. The van der Waals surface area contributed by atoms with Gasteiger partial charge >= 0.3 is 0 Å². The number of carbonyl (C=O) groups is 1. The van der Waals surface area contributed by atoms with Crippen molar-refractivity contribution in [3.05, 3.63) is 94.7 Å². The summed E-state index contributed by atoms with van der Waals surface area (Å²) < 4.78 is 5.66. The van der Waals surface area contributed by atoms with E-state index in [0.29, 0.717) is 32.6 Å². The van der Waals surface area contributed by atoms with Crippen LogP contribution in [0.1, 0.15) is 10.6 Å². The largest absolute Gasteiger partial charge is 0.451 e. The molecule has 0 aliphatic carbocycles. The second-order valence-corrected chi connectivity index (χ2v) is 8.40. The van der Waals surface area contributed by atoms with Crippen molar-refractivity contribution in [1.29, 1.82) is 0 Å². The number of para-hydroxylation sites is 1. The number of carbonyl (C=O) groups excluding carboxylic acids is 1. The number of nitrogens with zero attached hydrogens (tertiary/aromatic N) is 3. The fourth-order valence-electron chi connectivity index (χ4n) is 3.29. The lowest BCUT2D eigenvalue weighted by atomic mass is 10.2. The molecule has 0 aliphatic heterocycles. The van der Waals surface area contributed by atoms with Crippen LogP contribution in [-0.2, 0) is 0 Å². The van der Waals surface area contributed by atoms with Crippen molar-refractivity contribution in [1.82, 2.24) is 20.3 Å². The Bertz CT molecular complexity index is 1530. The van der Waals surface area contributed by atoms with Crippen LogP contribution in [-0.4, -0.2) is 26.0 Å². The Morgan fingerprint density at radius 2 is 1.71 bits per heavy atom. The standard InChI is InChI=1S/C24H15Cl2N5O2S/c25-17-8-4-7-16(22(17)26)20-11-12-21(33-20)23(32)28-24(34)27-14-9-10-18-19(13-14)30-31(29-18)15-5-2-1-3-6-15/h1-13H,(H2,27,28,32,34). The van der Waals surface area contributed by atoms with Gasteiger partial charge in [0.05, 0.1) is 15.7 Å². The van der Waals surface area contributed by atoms with Gasteiger partial charge in [0.25, 0.3) is 5.91 Å². The van der Waals surface area contributed by atoms with E-state index in [2.05, 4.69) is 20.8 Å². The molecule has 0 saturated carbocycles. The molecule has 5 aromatic rings. The Balaban J connectivity index is 1.27. The fraction of sp³-hybridized carbons (Fsp3) is 0. The summed E-state index contributed by atoms with van der Waals surface area (Å²) in [5.41, 5.74) is 3.51. The molecule has 0 fully saturated rings. The van der Waals surface area contributed by atoms with Gasteiger partial charge in [-0.15, -0.1) is 10.2 Å². The lowest BCUT2D eigenvalue weighted by Gasteiger charge is -2.08. The highest BCUT2D eigenvalue weighted by molar-refractivity contribution is 7.80. The van der Waals surface area contributed by atoms with E-state index in [1.807, 2.05) is 36.4 Å². The van der Waals surface area contributed by atoms with Crippen molar-refractivity contribution >= 4 is 63.2 Å². The quantitative estimate of drug-likeness (QED) is 0.285. The number of thiocarbonyl (C=S) groups is 1. The maximum atomic E-state index is 12.6. The lowest BCUT2D eigenvalue weighted by Crippen LogP contribution is -2.33. The number of fused-ring (bicyclic) bond motifs is 1. The molecule has 0 atom stereocenters. The predicted molar refractivity (Wildman–Crippen MR) is 137 cm³/mol. The number of hydrogen-bond donors (Lipinski definition) is 2. The molecular weight excluding hydrogens is 493 g/mol. The Kier molecular flexibility index (Phi) is 6.02. The summed E-state index contributed by atoms with van der Waals surface area (Å²) in [6, 6.07) is 23.4. The fourth-order valence-corrected chi connectivity index (χ4v) is 3.90. The smallest absolute Gasteiger partial charge is 0.293 e. The molecule has 34 heavy (non-hydrogen) atoms. The molecule has 1 amide bonds. The first-order valence-corrected chi connectivity index (χ1v) is 11.2. The van der Waals surface area contributed by atoms with Crippen molar-refractivity contribution in [3.8, 4) is 17.0 Å². The summed E-state index contributed by atoms with van der Waals surface area (Å²) >= 11 is 17.6. The molecular formula is C24H15Cl2N5O2S. The Labute approximate surface area is 209 Å². The zero-order valence-electron chi connectivity index (χ0n) is 17.3. The van der Waals surface area contributed by atoms with Crippen LogP contribution < -0.4 is 10.6 Å². The van der Waals surface area contributed by atoms with Gasteiger partial charge in [-0.25, -0.2) is 0 Å². The summed E-state index contributed by atoms with van der Waals surface area (Å²) in [5, 5.41) is 15.4. The normalized spacial score (nSPS) is 10.9. The molecule has 0 radical (unpaired) electrons.